The van der Waals surface area contributed by atoms with Crippen LogP contribution in [0.3, 0.4) is 0 Å². The van der Waals surface area contributed by atoms with Crippen molar-refractivity contribution in [3.05, 3.63) is 35.9 Å². The Morgan fingerprint density at radius 3 is 2.08 bits per heavy atom. The van der Waals surface area contributed by atoms with Crippen LogP contribution >= 0.6 is 12.6 Å². The van der Waals surface area contributed by atoms with Gasteiger partial charge in [0.2, 0.25) is 17.7 Å². The van der Waals surface area contributed by atoms with Gasteiger partial charge in [0.1, 0.15) is 18.1 Å². The summed E-state index contributed by atoms with van der Waals surface area (Å²) in [5.41, 5.74) is 17.1. The number of thiol groups is 1. The lowest BCUT2D eigenvalue weighted by Crippen LogP contribution is -2.58. The number of hydrogen-bond acceptors (Lipinski definition) is 7. The third-order valence-corrected chi connectivity index (χ3v) is 5.65. The highest BCUT2D eigenvalue weighted by molar-refractivity contribution is 7.80. The first-order valence-corrected chi connectivity index (χ1v) is 12.2. The Labute approximate surface area is 216 Å². The number of carboxylic acid groups (broad SMARTS) is 1. The molecule has 10 N–H and O–H groups in total. The van der Waals surface area contributed by atoms with Gasteiger partial charge in [0, 0.05) is 18.7 Å². The number of benzene rings is 1. The summed E-state index contributed by atoms with van der Waals surface area (Å²) in [6.07, 6.45) is 0.626. The molecule has 0 aliphatic heterocycles. The average Bonchev–Trinajstić information content (AvgIpc) is 2.82. The van der Waals surface area contributed by atoms with Crippen LogP contribution in [0.4, 0.5) is 0 Å². The molecule has 0 bridgehead atoms. The molecule has 0 aliphatic rings. The lowest BCUT2D eigenvalue weighted by Gasteiger charge is -2.26. The number of carboxylic acids is 1. The van der Waals surface area contributed by atoms with Gasteiger partial charge in [-0.2, -0.15) is 12.6 Å². The van der Waals surface area contributed by atoms with E-state index in [-0.39, 0.29) is 37.0 Å². The molecule has 0 aliphatic carbocycles. The first-order valence-electron chi connectivity index (χ1n) is 11.6. The van der Waals surface area contributed by atoms with Gasteiger partial charge in [0.15, 0.2) is 5.96 Å². The van der Waals surface area contributed by atoms with Gasteiger partial charge < -0.3 is 38.3 Å². The number of aliphatic imine (C=N–C) groups is 1. The van der Waals surface area contributed by atoms with E-state index in [0.717, 1.165) is 5.56 Å². The van der Waals surface area contributed by atoms with Crippen LogP contribution in [-0.4, -0.2) is 71.2 Å². The number of nitrogens with one attached hydrogen (secondary N) is 3. The van der Waals surface area contributed by atoms with Crippen molar-refractivity contribution in [2.45, 2.75) is 57.3 Å². The van der Waals surface area contributed by atoms with Crippen LogP contribution in [0.15, 0.2) is 35.3 Å². The zero-order valence-corrected chi connectivity index (χ0v) is 21.4. The maximum atomic E-state index is 13.2. The number of nitrogens with zero attached hydrogens (tertiary/aromatic N) is 1. The summed E-state index contributed by atoms with van der Waals surface area (Å²) in [6.45, 7) is 3.55. The van der Waals surface area contributed by atoms with Crippen molar-refractivity contribution < 1.29 is 24.3 Å². The Morgan fingerprint density at radius 1 is 0.972 bits per heavy atom. The van der Waals surface area contributed by atoms with Crippen molar-refractivity contribution in [1.29, 1.82) is 0 Å². The molecule has 0 saturated carbocycles. The molecule has 0 radical (unpaired) electrons. The van der Waals surface area contributed by atoms with E-state index < -0.39 is 47.9 Å². The molecule has 1 rings (SSSR count). The number of aliphatic carboxylic acids is 1. The minimum Gasteiger partial charge on any atom is -0.480 e. The predicted molar refractivity (Wildman–Crippen MR) is 140 cm³/mol. The Morgan fingerprint density at radius 2 is 1.56 bits per heavy atom. The molecule has 4 unspecified atom stereocenters. The van der Waals surface area contributed by atoms with E-state index in [1.54, 1.807) is 38.1 Å². The fourth-order valence-corrected chi connectivity index (χ4v) is 3.40. The second-order valence-electron chi connectivity index (χ2n) is 8.62. The molecule has 0 spiro atoms. The first kappa shape index (κ1) is 30.7. The maximum absolute atomic E-state index is 13.2. The Hall–Kier alpha value is -3.32. The standard InChI is InChI=1S/C23H37N7O5S/c1-13(2)18(22(34)35)30-21(33)17(11-14-7-4-3-5-8-14)29-20(32)16(9-6-10-27-23(25)26)28-19(31)15(24)12-36/h3-5,7-8,13,15-18,36H,6,9-12,24H2,1-2H3,(H,28,31)(H,29,32)(H,30,33)(H,34,35)(H4,25,26,27). The first-order chi connectivity index (χ1) is 17.0. The molecular weight excluding hydrogens is 486 g/mol. The third kappa shape index (κ3) is 11.0. The van der Waals surface area contributed by atoms with E-state index in [4.69, 9.17) is 17.2 Å². The van der Waals surface area contributed by atoms with Gasteiger partial charge >= 0.3 is 5.97 Å². The van der Waals surface area contributed by atoms with E-state index in [0.29, 0.717) is 6.42 Å². The molecule has 12 nitrogen and oxygen atoms in total. The van der Waals surface area contributed by atoms with Crippen molar-refractivity contribution in [2.75, 3.05) is 12.3 Å². The number of nitrogens with two attached hydrogens (primary N) is 3. The summed E-state index contributed by atoms with van der Waals surface area (Å²) in [4.78, 5) is 54.1. The van der Waals surface area contributed by atoms with Crippen molar-refractivity contribution in [2.24, 2.45) is 28.1 Å². The largest absolute Gasteiger partial charge is 0.480 e. The second kappa shape index (κ2) is 15.6. The smallest absolute Gasteiger partial charge is 0.326 e. The number of hydrogen-bond donors (Lipinski definition) is 8. The third-order valence-electron chi connectivity index (χ3n) is 5.26. The summed E-state index contributed by atoms with van der Waals surface area (Å²) < 4.78 is 0. The van der Waals surface area contributed by atoms with E-state index in [1.807, 2.05) is 6.07 Å². The fourth-order valence-electron chi connectivity index (χ4n) is 3.23. The topological polar surface area (TPSA) is 215 Å². The lowest BCUT2D eigenvalue weighted by molar-refractivity contribution is -0.143. The highest BCUT2D eigenvalue weighted by Gasteiger charge is 2.31. The van der Waals surface area contributed by atoms with E-state index >= 15 is 0 Å². The minimum atomic E-state index is -1.19. The van der Waals surface area contributed by atoms with Crippen molar-refractivity contribution in [3.63, 3.8) is 0 Å². The monoisotopic (exact) mass is 523 g/mol. The SMILES string of the molecule is CC(C)C(NC(=O)C(Cc1ccccc1)NC(=O)C(CCCN=C(N)N)NC(=O)C(N)CS)C(=O)O. The van der Waals surface area contributed by atoms with Gasteiger partial charge in [0.05, 0.1) is 6.04 Å². The number of guanidine groups is 1. The molecule has 200 valence electrons. The van der Waals surface area contributed by atoms with Crippen LogP contribution in [-0.2, 0) is 25.6 Å². The van der Waals surface area contributed by atoms with Gasteiger partial charge in [-0.25, -0.2) is 4.79 Å². The molecular formula is C23H37N7O5S. The van der Waals surface area contributed by atoms with E-state index in [2.05, 4.69) is 33.6 Å². The number of rotatable bonds is 15. The summed E-state index contributed by atoms with van der Waals surface area (Å²) in [5.74, 6) is -3.48. The van der Waals surface area contributed by atoms with Gasteiger partial charge in [-0.15, -0.1) is 0 Å². The molecule has 0 saturated heterocycles. The van der Waals surface area contributed by atoms with Gasteiger partial charge in [-0.1, -0.05) is 44.2 Å². The molecule has 1 aromatic carbocycles. The fraction of sp³-hybridized carbons (Fsp3) is 0.522. The van der Waals surface area contributed by atoms with Crippen LogP contribution < -0.4 is 33.2 Å². The van der Waals surface area contributed by atoms with Crippen molar-refractivity contribution in [1.82, 2.24) is 16.0 Å². The lowest BCUT2D eigenvalue weighted by atomic mass is 10.0. The molecule has 1 aromatic rings. The molecule has 13 heteroatoms. The predicted octanol–water partition coefficient (Wildman–Crippen LogP) is -1.27. The summed E-state index contributed by atoms with van der Waals surface area (Å²) in [5, 5.41) is 17.2. The number of carbonyl (C=O) groups is 4. The van der Waals surface area contributed by atoms with Crippen LogP contribution in [0.2, 0.25) is 0 Å². The van der Waals surface area contributed by atoms with E-state index in [9.17, 15) is 24.3 Å². The summed E-state index contributed by atoms with van der Waals surface area (Å²) in [7, 11) is 0. The molecule has 4 atom stereocenters. The zero-order chi connectivity index (χ0) is 27.3. The van der Waals surface area contributed by atoms with E-state index in [1.165, 1.54) is 0 Å². The highest BCUT2D eigenvalue weighted by atomic mass is 32.1. The quantitative estimate of drug-likeness (QED) is 0.0599. The average molecular weight is 524 g/mol. The van der Waals surface area contributed by atoms with Crippen molar-refractivity contribution >= 4 is 42.3 Å². The maximum Gasteiger partial charge on any atom is 0.326 e. The molecule has 0 fully saturated rings. The molecule has 3 amide bonds. The Balaban J connectivity index is 3.12. The Kier molecular flexibility index (Phi) is 13.3. The summed E-state index contributed by atoms with van der Waals surface area (Å²) in [6, 6.07) is 4.72. The van der Waals surface area contributed by atoms with Crippen molar-refractivity contribution in [3.8, 4) is 0 Å². The minimum absolute atomic E-state index is 0.0684. The number of amides is 3. The highest BCUT2D eigenvalue weighted by Crippen LogP contribution is 2.08. The van der Waals surface area contributed by atoms with Gasteiger partial charge in [0.25, 0.3) is 0 Å². The van der Waals surface area contributed by atoms with Gasteiger partial charge in [-0.05, 0) is 24.3 Å². The summed E-state index contributed by atoms with van der Waals surface area (Å²) >= 11 is 4.01. The normalized spacial score (nSPS) is 14.1. The van der Waals surface area contributed by atoms with Crippen LogP contribution in [0, 0.1) is 5.92 Å². The van der Waals surface area contributed by atoms with Gasteiger partial charge in [-0.3, -0.25) is 19.4 Å². The van der Waals surface area contributed by atoms with Crippen LogP contribution in [0.25, 0.3) is 0 Å². The molecule has 0 heterocycles. The molecule has 0 aromatic heterocycles. The molecule has 36 heavy (non-hydrogen) atoms. The Bertz CT molecular complexity index is 909. The second-order valence-corrected chi connectivity index (χ2v) is 8.98. The van der Waals surface area contributed by atoms with Crippen LogP contribution in [0.1, 0.15) is 32.3 Å². The number of carbonyl (C=O) groups excluding carboxylic acids is 3. The zero-order valence-electron chi connectivity index (χ0n) is 20.5. The van der Waals surface area contributed by atoms with Crippen LogP contribution in [0.5, 0.6) is 0 Å².